The quantitative estimate of drug-likeness (QED) is 0.723. The maximum absolute atomic E-state index is 12.9. The summed E-state index contributed by atoms with van der Waals surface area (Å²) in [4.78, 5) is 29.9. The summed E-state index contributed by atoms with van der Waals surface area (Å²) in [5.74, 6) is 0.499. The molecule has 4 rings (SSSR count). The predicted molar refractivity (Wildman–Crippen MR) is 126 cm³/mol. The Balaban J connectivity index is 1.34. The van der Waals surface area contributed by atoms with Crippen molar-refractivity contribution < 1.29 is 9.59 Å². The molecule has 164 valence electrons. The van der Waals surface area contributed by atoms with E-state index in [-0.39, 0.29) is 17.7 Å². The van der Waals surface area contributed by atoms with Crippen LogP contribution >= 0.6 is 11.6 Å². The van der Waals surface area contributed by atoms with E-state index >= 15 is 0 Å². The van der Waals surface area contributed by atoms with Crippen molar-refractivity contribution in [3.63, 3.8) is 0 Å². The molecule has 0 spiro atoms. The highest BCUT2D eigenvalue weighted by Gasteiger charge is 2.29. The second-order valence-corrected chi connectivity index (χ2v) is 9.24. The van der Waals surface area contributed by atoms with Gasteiger partial charge in [0, 0.05) is 48.1 Å². The molecule has 0 aromatic heterocycles. The van der Waals surface area contributed by atoms with Gasteiger partial charge in [-0.3, -0.25) is 9.59 Å². The number of nitrogens with one attached hydrogen (secondary N) is 1. The maximum atomic E-state index is 12.9. The number of likely N-dealkylation sites (tertiary alicyclic amines) is 1. The summed E-state index contributed by atoms with van der Waals surface area (Å²) in [6.45, 7) is 5.58. The molecule has 1 unspecified atom stereocenters. The van der Waals surface area contributed by atoms with Crippen LogP contribution < -0.4 is 10.2 Å². The number of hydrogen-bond donors (Lipinski definition) is 1. The van der Waals surface area contributed by atoms with E-state index in [9.17, 15) is 9.59 Å². The molecule has 31 heavy (non-hydrogen) atoms. The molecule has 2 aliphatic heterocycles. The Kier molecular flexibility index (Phi) is 6.81. The molecule has 2 saturated heterocycles. The van der Waals surface area contributed by atoms with Gasteiger partial charge < -0.3 is 15.1 Å². The monoisotopic (exact) mass is 439 g/mol. The van der Waals surface area contributed by atoms with Gasteiger partial charge in [0.05, 0.1) is 5.92 Å². The third-order valence-electron chi connectivity index (χ3n) is 6.43. The van der Waals surface area contributed by atoms with Crippen LogP contribution in [0.4, 0.5) is 11.4 Å². The lowest BCUT2D eigenvalue weighted by molar-refractivity contribution is -0.121. The molecule has 0 bridgehead atoms. The summed E-state index contributed by atoms with van der Waals surface area (Å²) in [6.07, 6.45) is 4.06. The molecule has 0 radical (unpaired) electrons. The van der Waals surface area contributed by atoms with Crippen molar-refractivity contribution in [2.45, 2.75) is 32.6 Å². The number of amides is 2. The first-order chi connectivity index (χ1) is 15.0. The van der Waals surface area contributed by atoms with Gasteiger partial charge in [-0.05, 0) is 74.1 Å². The molecule has 6 heteroatoms. The fourth-order valence-corrected chi connectivity index (χ4v) is 4.64. The van der Waals surface area contributed by atoms with Gasteiger partial charge in [0.1, 0.15) is 0 Å². The Labute approximate surface area is 189 Å². The number of carbonyl (C=O) groups is 2. The zero-order chi connectivity index (χ0) is 21.8. The lowest BCUT2D eigenvalue weighted by Crippen LogP contribution is -2.43. The molecular formula is C25H30ClN3O2. The van der Waals surface area contributed by atoms with Gasteiger partial charge in [-0.2, -0.15) is 0 Å². The molecule has 2 aliphatic rings. The number of rotatable bonds is 4. The summed E-state index contributed by atoms with van der Waals surface area (Å²) in [7, 11) is 0. The van der Waals surface area contributed by atoms with Gasteiger partial charge in [0.15, 0.2) is 0 Å². The molecular weight excluding hydrogens is 410 g/mol. The fraction of sp³-hybridized carbons (Fsp3) is 0.440. The Morgan fingerprint density at radius 3 is 2.45 bits per heavy atom. The largest absolute Gasteiger partial charge is 0.372 e. The lowest BCUT2D eigenvalue weighted by atomic mass is 9.96. The number of piperidine rings is 2. The van der Waals surface area contributed by atoms with Gasteiger partial charge in [0.2, 0.25) is 5.91 Å². The molecule has 0 aliphatic carbocycles. The van der Waals surface area contributed by atoms with Gasteiger partial charge in [-0.1, -0.05) is 24.6 Å². The van der Waals surface area contributed by atoms with Crippen LogP contribution in [0.1, 0.15) is 43.0 Å². The third-order valence-corrected chi connectivity index (χ3v) is 6.67. The van der Waals surface area contributed by atoms with E-state index in [1.54, 1.807) is 29.2 Å². The minimum atomic E-state index is -0.208. The number of halogens is 1. The number of nitrogens with zero attached hydrogens (tertiary/aromatic N) is 2. The Morgan fingerprint density at radius 1 is 1.00 bits per heavy atom. The first kappa shape index (κ1) is 21.7. The van der Waals surface area contributed by atoms with Crippen molar-refractivity contribution in [3.05, 3.63) is 59.1 Å². The molecule has 2 fully saturated rings. The number of benzene rings is 2. The number of anilines is 2. The SMILES string of the molecule is CC1CCN(c2ccc(NC(=O)C3CCCN(C(=O)c4cccc(Cl)c4)C3)cc2)CC1. The standard InChI is InChI=1S/C25H30ClN3O2/c1-18-11-14-28(15-12-18)23-9-7-22(8-10-23)27-24(30)20-5-3-13-29(17-20)25(31)19-4-2-6-21(26)16-19/h2,4,6-10,16,18,20H,3,5,11-15,17H2,1H3,(H,27,30). The molecule has 2 aromatic rings. The van der Waals surface area contributed by atoms with E-state index in [2.05, 4.69) is 29.3 Å². The van der Waals surface area contributed by atoms with E-state index in [4.69, 9.17) is 11.6 Å². The van der Waals surface area contributed by atoms with Crippen molar-refractivity contribution in [1.82, 2.24) is 4.90 Å². The van der Waals surface area contributed by atoms with Crippen LogP contribution in [0.3, 0.4) is 0 Å². The fourth-order valence-electron chi connectivity index (χ4n) is 4.45. The van der Waals surface area contributed by atoms with Gasteiger partial charge in [0.25, 0.3) is 5.91 Å². The third kappa shape index (κ3) is 5.40. The van der Waals surface area contributed by atoms with E-state index in [0.717, 1.165) is 37.5 Å². The Morgan fingerprint density at radius 2 is 1.74 bits per heavy atom. The summed E-state index contributed by atoms with van der Waals surface area (Å²) in [5, 5.41) is 3.58. The van der Waals surface area contributed by atoms with Crippen LogP contribution in [0.15, 0.2) is 48.5 Å². The zero-order valence-corrected chi connectivity index (χ0v) is 18.8. The first-order valence-electron chi connectivity index (χ1n) is 11.2. The topological polar surface area (TPSA) is 52.7 Å². The number of carbonyl (C=O) groups excluding carboxylic acids is 2. The first-order valence-corrected chi connectivity index (χ1v) is 11.6. The van der Waals surface area contributed by atoms with Crippen LogP contribution in [0.2, 0.25) is 5.02 Å². The summed E-state index contributed by atoms with van der Waals surface area (Å²) in [5.41, 5.74) is 2.58. The highest BCUT2D eigenvalue weighted by atomic mass is 35.5. The zero-order valence-electron chi connectivity index (χ0n) is 18.0. The Hall–Kier alpha value is -2.53. The van der Waals surface area contributed by atoms with E-state index in [1.165, 1.54) is 18.5 Å². The van der Waals surface area contributed by atoms with E-state index < -0.39 is 0 Å². The van der Waals surface area contributed by atoms with Crippen molar-refractivity contribution in [3.8, 4) is 0 Å². The minimum absolute atomic E-state index is 0.0249. The number of hydrogen-bond acceptors (Lipinski definition) is 3. The van der Waals surface area contributed by atoms with Gasteiger partial charge in [-0.25, -0.2) is 0 Å². The highest BCUT2D eigenvalue weighted by Crippen LogP contribution is 2.25. The van der Waals surface area contributed by atoms with E-state index in [1.807, 2.05) is 12.1 Å². The second-order valence-electron chi connectivity index (χ2n) is 8.81. The summed E-state index contributed by atoms with van der Waals surface area (Å²) >= 11 is 6.03. The molecule has 0 saturated carbocycles. The molecule has 2 aromatic carbocycles. The van der Waals surface area contributed by atoms with Gasteiger partial charge in [-0.15, -0.1) is 0 Å². The molecule has 1 N–H and O–H groups in total. The second kappa shape index (κ2) is 9.73. The average Bonchev–Trinajstić information content (AvgIpc) is 2.80. The van der Waals surface area contributed by atoms with Crippen molar-refractivity contribution in [2.75, 3.05) is 36.4 Å². The van der Waals surface area contributed by atoms with Crippen molar-refractivity contribution >= 4 is 34.8 Å². The van der Waals surface area contributed by atoms with Crippen molar-refractivity contribution in [2.24, 2.45) is 11.8 Å². The van der Waals surface area contributed by atoms with Crippen LogP contribution in [0.5, 0.6) is 0 Å². The van der Waals surface area contributed by atoms with Gasteiger partial charge >= 0.3 is 0 Å². The summed E-state index contributed by atoms with van der Waals surface area (Å²) < 4.78 is 0. The van der Waals surface area contributed by atoms with Crippen LogP contribution in [0.25, 0.3) is 0 Å². The van der Waals surface area contributed by atoms with Crippen LogP contribution in [0, 0.1) is 11.8 Å². The maximum Gasteiger partial charge on any atom is 0.253 e. The summed E-state index contributed by atoms with van der Waals surface area (Å²) in [6, 6.07) is 15.1. The normalized spacial score (nSPS) is 19.9. The van der Waals surface area contributed by atoms with Crippen LogP contribution in [-0.2, 0) is 4.79 Å². The average molecular weight is 440 g/mol. The lowest BCUT2D eigenvalue weighted by Gasteiger charge is -2.32. The van der Waals surface area contributed by atoms with Crippen LogP contribution in [-0.4, -0.2) is 42.9 Å². The predicted octanol–water partition coefficient (Wildman–Crippen LogP) is 5.07. The minimum Gasteiger partial charge on any atom is -0.372 e. The molecule has 2 heterocycles. The van der Waals surface area contributed by atoms with E-state index in [0.29, 0.717) is 23.7 Å². The Bertz CT molecular complexity index is 923. The molecule has 2 amide bonds. The highest BCUT2D eigenvalue weighted by molar-refractivity contribution is 6.30. The van der Waals surface area contributed by atoms with Crippen molar-refractivity contribution in [1.29, 1.82) is 0 Å². The smallest absolute Gasteiger partial charge is 0.253 e. The molecule has 1 atom stereocenters. The molecule has 5 nitrogen and oxygen atoms in total.